The summed E-state index contributed by atoms with van der Waals surface area (Å²) in [4.78, 5) is 24.5. The first kappa shape index (κ1) is 13.0. The lowest BCUT2D eigenvalue weighted by Gasteiger charge is -2.29. The molecule has 3 N–H and O–H groups in total. The zero-order chi connectivity index (χ0) is 12.1. The van der Waals surface area contributed by atoms with Gasteiger partial charge in [-0.2, -0.15) is 0 Å². The lowest BCUT2D eigenvalue weighted by molar-refractivity contribution is -0.150. The van der Waals surface area contributed by atoms with Crippen molar-refractivity contribution in [3.05, 3.63) is 0 Å². The van der Waals surface area contributed by atoms with Gasteiger partial charge in [0, 0.05) is 6.54 Å². The van der Waals surface area contributed by atoms with Gasteiger partial charge in [0.05, 0.1) is 6.04 Å². The Bertz CT molecular complexity index is 268. The predicted octanol–water partition coefficient (Wildman–Crippen LogP) is 0.579. The number of aliphatic carboxylic acids is 1. The molecule has 92 valence electrons. The van der Waals surface area contributed by atoms with Gasteiger partial charge in [-0.25, -0.2) is 4.79 Å². The van der Waals surface area contributed by atoms with E-state index in [0.29, 0.717) is 19.4 Å². The summed E-state index contributed by atoms with van der Waals surface area (Å²) in [6.07, 6.45) is 3.79. The molecular formula is C11H20N2O3. The number of nitrogens with zero attached hydrogens (tertiary/aromatic N) is 1. The highest BCUT2D eigenvalue weighted by Gasteiger charge is 2.32. The van der Waals surface area contributed by atoms with Crippen LogP contribution in [-0.4, -0.2) is 40.5 Å². The molecule has 0 bridgehead atoms. The third-order valence-corrected chi connectivity index (χ3v) is 3.08. The van der Waals surface area contributed by atoms with Crippen molar-refractivity contribution < 1.29 is 14.7 Å². The molecule has 1 saturated heterocycles. The largest absolute Gasteiger partial charge is 0.480 e. The Labute approximate surface area is 95.6 Å². The van der Waals surface area contributed by atoms with Crippen LogP contribution in [0.3, 0.4) is 0 Å². The van der Waals surface area contributed by atoms with E-state index in [2.05, 4.69) is 0 Å². The topological polar surface area (TPSA) is 83.6 Å². The van der Waals surface area contributed by atoms with E-state index in [9.17, 15) is 9.59 Å². The van der Waals surface area contributed by atoms with Gasteiger partial charge in [0.2, 0.25) is 5.91 Å². The van der Waals surface area contributed by atoms with Crippen molar-refractivity contribution in [2.45, 2.75) is 51.1 Å². The third-order valence-electron chi connectivity index (χ3n) is 3.08. The van der Waals surface area contributed by atoms with E-state index >= 15 is 0 Å². The maximum Gasteiger partial charge on any atom is 0.326 e. The summed E-state index contributed by atoms with van der Waals surface area (Å²) in [5.41, 5.74) is 5.68. The van der Waals surface area contributed by atoms with Gasteiger partial charge in [0.15, 0.2) is 0 Å². The fourth-order valence-corrected chi connectivity index (χ4v) is 2.02. The van der Waals surface area contributed by atoms with Crippen LogP contribution < -0.4 is 5.73 Å². The van der Waals surface area contributed by atoms with Crippen LogP contribution in [0.2, 0.25) is 0 Å². The molecule has 1 amide bonds. The average molecular weight is 228 g/mol. The monoisotopic (exact) mass is 228 g/mol. The summed E-state index contributed by atoms with van der Waals surface area (Å²) >= 11 is 0. The second kappa shape index (κ2) is 5.84. The first-order valence-corrected chi connectivity index (χ1v) is 5.86. The number of carboxylic acid groups (broad SMARTS) is 1. The van der Waals surface area contributed by atoms with Gasteiger partial charge < -0.3 is 15.7 Å². The highest BCUT2D eigenvalue weighted by molar-refractivity contribution is 5.86. The van der Waals surface area contributed by atoms with E-state index in [1.165, 1.54) is 4.90 Å². The molecule has 0 spiro atoms. The van der Waals surface area contributed by atoms with E-state index in [1.54, 1.807) is 0 Å². The molecule has 1 fully saturated rings. The number of hydrogen-bond donors (Lipinski definition) is 2. The van der Waals surface area contributed by atoms with Crippen molar-refractivity contribution >= 4 is 11.9 Å². The minimum absolute atomic E-state index is 0.225. The molecule has 0 aromatic carbocycles. The van der Waals surface area contributed by atoms with Gasteiger partial charge in [-0.3, -0.25) is 4.79 Å². The Kier molecular flexibility index (Phi) is 4.73. The summed E-state index contributed by atoms with van der Waals surface area (Å²) in [7, 11) is 0. The van der Waals surface area contributed by atoms with Crippen molar-refractivity contribution in [1.82, 2.24) is 4.90 Å². The molecule has 1 rings (SSSR count). The highest BCUT2D eigenvalue weighted by Crippen LogP contribution is 2.18. The molecule has 1 aliphatic rings. The quantitative estimate of drug-likeness (QED) is 0.740. The van der Waals surface area contributed by atoms with Crippen LogP contribution in [0, 0.1) is 0 Å². The standard InChI is InChI=1S/C11H20N2O3/c1-2-8(12)10(14)13-7-5-3-4-6-9(13)11(15)16/h8-9H,2-7,12H2,1H3,(H,15,16)/t8-,9?/m0/s1. The average Bonchev–Trinajstić information content (AvgIpc) is 2.52. The fourth-order valence-electron chi connectivity index (χ4n) is 2.02. The number of carbonyl (C=O) groups is 2. The van der Waals surface area contributed by atoms with E-state index < -0.39 is 18.1 Å². The molecule has 1 heterocycles. The molecule has 0 aromatic heterocycles. The smallest absolute Gasteiger partial charge is 0.326 e. The van der Waals surface area contributed by atoms with Gasteiger partial charge in [-0.15, -0.1) is 0 Å². The minimum Gasteiger partial charge on any atom is -0.480 e. The molecule has 5 nitrogen and oxygen atoms in total. The number of rotatable bonds is 3. The van der Waals surface area contributed by atoms with Gasteiger partial charge in [0.25, 0.3) is 0 Å². The predicted molar refractivity (Wildman–Crippen MR) is 59.9 cm³/mol. The summed E-state index contributed by atoms with van der Waals surface area (Å²) in [5, 5.41) is 9.10. The maximum absolute atomic E-state index is 11.9. The molecule has 0 radical (unpaired) electrons. The van der Waals surface area contributed by atoms with E-state index in [1.807, 2.05) is 6.92 Å². The number of carboxylic acids is 1. The molecule has 1 aliphatic heterocycles. The van der Waals surface area contributed by atoms with Gasteiger partial charge >= 0.3 is 5.97 Å². The van der Waals surface area contributed by atoms with E-state index in [-0.39, 0.29) is 5.91 Å². The molecule has 1 unspecified atom stereocenters. The van der Waals surface area contributed by atoms with Crippen LogP contribution in [-0.2, 0) is 9.59 Å². The minimum atomic E-state index is -0.918. The number of nitrogens with two attached hydrogens (primary N) is 1. The Balaban J connectivity index is 2.78. The van der Waals surface area contributed by atoms with Crippen molar-refractivity contribution in [1.29, 1.82) is 0 Å². The van der Waals surface area contributed by atoms with Crippen LogP contribution in [0.5, 0.6) is 0 Å². The van der Waals surface area contributed by atoms with Crippen molar-refractivity contribution in [3.63, 3.8) is 0 Å². The Morgan fingerprint density at radius 3 is 2.69 bits per heavy atom. The molecular weight excluding hydrogens is 208 g/mol. The van der Waals surface area contributed by atoms with Crippen molar-refractivity contribution in [3.8, 4) is 0 Å². The Hall–Kier alpha value is -1.10. The highest BCUT2D eigenvalue weighted by atomic mass is 16.4. The Morgan fingerprint density at radius 2 is 2.12 bits per heavy atom. The lowest BCUT2D eigenvalue weighted by atomic mass is 10.1. The SMILES string of the molecule is CC[C@H](N)C(=O)N1CCCCCC1C(=O)O. The number of hydrogen-bond acceptors (Lipinski definition) is 3. The third kappa shape index (κ3) is 2.95. The normalized spacial score (nSPS) is 23.6. The van der Waals surface area contributed by atoms with E-state index in [4.69, 9.17) is 10.8 Å². The first-order chi connectivity index (χ1) is 7.57. The summed E-state index contributed by atoms with van der Waals surface area (Å²) in [6.45, 7) is 2.35. The fraction of sp³-hybridized carbons (Fsp3) is 0.818. The van der Waals surface area contributed by atoms with E-state index in [0.717, 1.165) is 19.3 Å². The van der Waals surface area contributed by atoms with Crippen LogP contribution in [0.1, 0.15) is 39.0 Å². The molecule has 2 atom stereocenters. The molecule has 0 saturated carbocycles. The zero-order valence-electron chi connectivity index (χ0n) is 9.69. The second-order valence-electron chi connectivity index (χ2n) is 4.25. The van der Waals surface area contributed by atoms with Crippen molar-refractivity contribution in [2.75, 3.05) is 6.54 Å². The second-order valence-corrected chi connectivity index (χ2v) is 4.25. The van der Waals surface area contributed by atoms with Crippen LogP contribution in [0.4, 0.5) is 0 Å². The van der Waals surface area contributed by atoms with Crippen LogP contribution in [0.25, 0.3) is 0 Å². The van der Waals surface area contributed by atoms with Gasteiger partial charge in [-0.1, -0.05) is 19.8 Å². The van der Waals surface area contributed by atoms with Gasteiger partial charge in [-0.05, 0) is 19.3 Å². The first-order valence-electron chi connectivity index (χ1n) is 5.86. The van der Waals surface area contributed by atoms with Crippen molar-refractivity contribution in [2.24, 2.45) is 5.73 Å². The van der Waals surface area contributed by atoms with Crippen LogP contribution in [0.15, 0.2) is 0 Å². The summed E-state index contributed by atoms with van der Waals surface area (Å²) in [5.74, 6) is -1.14. The number of likely N-dealkylation sites (tertiary alicyclic amines) is 1. The number of amides is 1. The molecule has 16 heavy (non-hydrogen) atoms. The lowest BCUT2D eigenvalue weighted by Crippen LogP contribution is -2.51. The Morgan fingerprint density at radius 1 is 1.44 bits per heavy atom. The summed E-state index contributed by atoms with van der Waals surface area (Å²) in [6, 6.07) is -1.26. The zero-order valence-corrected chi connectivity index (χ0v) is 9.69. The maximum atomic E-state index is 11.9. The van der Waals surface area contributed by atoms with Crippen LogP contribution >= 0.6 is 0 Å². The van der Waals surface area contributed by atoms with Gasteiger partial charge in [0.1, 0.15) is 6.04 Å². The molecule has 0 aromatic rings. The number of carbonyl (C=O) groups excluding carboxylic acids is 1. The molecule has 0 aliphatic carbocycles. The molecule has 5 heteroatoms. The summed E-state index contributed by atoms with van der Waals surface area (Å²) < 4.78 is 0.